The van der Waals surface area contributed by atoms with Gasteiger partial charge in [0.05, 0.1) is 17.1 Å². The standard InChI is InChI=1S/C29H30ClF3N6O3/c1-37-10-12-38(13-11-37)18-27(40)36-26-16-23(6-8-34-26)42-22-4-2-19-7-9-39(17-20(19)14-22)28(41)35-21-3-5-25(30)24(15-21)29(31,32)33/h2-6,8,14-16H,7,9-13,17-18H2,1H3,(H,35,41)(H,34,36,40). The van der Waals surface area contributed by atoms with Crippen molar-refractivity contribution in [3.8, 4) is 11.5 Å². The molecule has 13 heteroatoms. The first-order valence-electron chi connectivity index (χ1n) is 13.4. The topological polar surface area (TPSA) is 90.0 Å². The molecule has 3 aromatic rings. The zero-order chi connectivity index (χ0) is 29.9. The largest absolute Gasteiger partial charge is 0.457 e. The lowest BCUT2D eigenvalue weighted by Crippen LogP contribution is -2.47. The lowest BCUT2D eigenvalue weighted by molar-refractivity contribution is -0.137. The predicted octanol–water partition coefficient (Wildman–Crippen LogP) is 5.32. The van der Waals surface area contributed by atoms with Gasteiger partial charge in [-0.2, -0.15) is 13.2 Å². The summed E-state index contributed by atoms with van der Waals surface area (Å²) < 4.78 is 45.7. The Balaban J connectivity index is 1.20. The molecule has 2 aliphatic rings. The van der Waals surface area contributed by atoms with Crippen molar-refractivity contribution in [2.45, 2.75) is 19.1 Å². The third kappa shape index (κ3) is 7.50. The molecule has 5 rings (SSSR count). The third-order valence-electron chi connectivity index (χ3n) is 7.20. The molecule has 2 aromatic carbocycles. The summed E-state index contributed by atoms with van der Waals surface area (Å²) in [5.41, 5.74) is 0.893. The van der Waals surface area contributed by atoms with Crippen LogP contribution in [0, 0.1) is 0 Å². The van der Waals surface area contributed by atoms with E-state index in [1.54, 1.807) is 18.3 Å². The Morgan fingerprint density at radius 3 is 2.48 bits per heavy atom. The number of hydrogen-bond acceptors (Lipinski definition) is 6. The number of likely N-dealkylation sites (N-methyl/N-ethyl adjacent to an activating group) is 1. The van der Waals surface area contributed by atoms with E-state index in [1.807, 2.05) is 18.2 Å². The number of benzene rings is 2. The number of hydrogen-bond donors (Lipinski definition) is 2. The highest BCUT2D eigenvalue weighted by Crippen LogP contribution is 2.36. The first-order chi connectivity index (χ1) is 20.0. The molecule has 0 spiro atoms. The number of urea groups is 1. The Kier molecular flexibility index (Phi) is 8.85. The molecular formula is C29H30ClF3N6O3. The molecule has 1 fully saturated rings. The van der Waals surface area contributed by atoms with Crippen LogP contribution in [0.15, 0.2) is 54.7 Å². The van der Waals surface area contributed by atoms with Crippen LogP contribution in [0.25, 0.3) is 0 Å². The van der Waals surface area contributed by atoms with E-state index in [4.69, 9.17) is 16.3 Å². The van der Waals surface area contributed by atoms with Crippen LogP contribution in [0.1, 0.15) is 16.7 Å². The number of ether oxygens (including phenoxy) is 1. The van der Waals surface area contributed by atoms with Gasteiger partial charge in [0.25, 0.3) is 0 Å². The van der Waals surface area contributed by atoms with Gasteiger partial charge in [-0.15, -0.1) is 0 Å². The Bertz CT molecular complexity index is 1460. The molecule has 3 heterocycles. The van der Waals surface area contributed by atoms with E-state index in [2.05, 4.69) is 32.5 Å². The molecule has 1 aromatic heterocycles. The van der Waals surface area contributed by atoms with Crippen LogP contribution in [0.5, 0.6) is 11.5 Å². The molecule has 1 saturated heterocycles. The van der Waals surface area contributed by atoms with Crippen molar-refractivity contribution in [1.82, 2.24) is 19.7 Å². The summed E-state index contributed by atoms with van der Waals surface area (Å²) in [7, 11) is 2.06. The van der Waals surface area contributed by atoms with Gasteiger partial charge in [0.2, 0.25) is 5.91 Å². The number of nitrogens with zero attached hydrogens (tertiary/aromatic N) is 4. The number of fused-ring (bicyclic) bond motifs is 1. The molecule has 0 bridgehead atoms. The number of carbonyl (C=O) groups excluding carboxylic acids is 2. The molecule has 42 heavy (non-hydrogen) atoms. The van der Waals surface area contributed by atoms with Crippen LogP contribution in [0.3, 0.4) is 0 Å². The Morgan fingerprint density at radius 1 is 0.952 bits per heavy atom. The monoisotopic (exact) mass is 602 g/mol. The summed E-state index contributed by atoms with van der Waals surface area (Å²) in [6.07, 6.45) is -2.51. The number of halogens is 4. The van der Waals surface area contributed by atoms with Crippen molar-refractivity contribution in [3.05, 3.63) is 76.4 Å². The SMILES string of the molecule is CN1CCN(CC(=O)Nc2cc(Oc3ccc4c(c3)CN(C(=O)Nc3ccc(Cl)c(C(F)(F)F)c3)CC4)ccn2)CC1. The van der Waals surface area contributed by atoms with Gasteiger partial charge in [-0.1, -0.05) is 17.7 Å². The minimum atomic E-state index is -4.63. The molecule has 0 atom stereocenters. The zero-order valence-corrected chi connectivity index (χ0v) is 23.6. The van der Waals surface area contributed by atoms with E-state index in [0.717, 1.165) is 49.4 Å². The van der Waals surface area contributed by atoms with Crippen LogP contribution in [0.4, 0.5) is 29.5 Å². The van der Waals surface area contributed by atoms with Crippen molar-refractivity contribution in [2.24, 2.45) is 0 Å². The normalized spacial score (nSPS) is 16.1. The van der Waals surface area contributed by atoms with E-state index in [0.29, 0.717) is 30.3 Å². The van der Waals surface area contributed by atoms with Crippen LogP contribution in [-0.4, -0.2) is 77.9 Å². The maximum absolute atomic E-state index is 13.2. The second kappa shape index (κ2) is 12.6. The highest BCUT2D eigenvalue weighted by molar-refractivity contribution is 6.31. The predicted molar refractivity (Wildman–Crippen MR) is 153 cm³/mol. The number of anilines is 2. The minimum Gasteiger partial charge on any atom is -0.457 e. The van der Waals surface area contributed by atoms with Gasteiger partial charge in [0.15, 0.2) is 0 Å². The Morgan fingerprint density at radius 2 is 1.71 bits per heavy atom. The van der Waals surface area contributed by atoms with E-state index >= 15 is 0 Å². The average Bonchev–Trinajstić information content (AvgIpc) is 2.94. The molecule has 0 aliphatic carbocycles. The molecule has 0 unspecified atom stereocenters. The van der Waals surface area contributed by atoms with Crippen molar-refractivity contribution in [3.63, 3.8) is 0 Å². The minimum absolute atomic E-state index is 0.00345. The number of pyridine rings is 1. The fourth-order valence-corrected chi connectivity index (χ4v) is 5.09. The number of piperazine rings is 1. The maximum atomic E-state index is 13.2. The van der Waals surface area contributed by atoms with Crippen molar-refractivity contribution in [2.75, 3.05) is 56.9 Å². The highest BCUT2D eigenvalue weighted by atomic mass is 35.5. The van der Waals surface area contributed by atoms with Crippen molar-refractivity contribution in [1.29, 1.82) is 0 Å². The number of carbonyl (C=O) groups is 2. The zero-order valence-electron chi connectivity index (χ0n) is 22.9. The number of nitrogens with one attached hydrogen (secondary N) is 2. The Labute approximate surface area is 246 Å². The highest BCUT2D eigenvalue weighted by Gasteiger charge is 2.33. The Hall–Kier alpha value is -3.87. The van der Waals surface area contributed by atoms with E-state index in [9.17, 15) is 22.8 Å². The summed E-state index contributed by atoms with van der Waals surface area (Å²) in [5, 5.41) is 4.92. The summed E-state index contributed by atoms with van der Waals surface area (Å²) in [6.45, 7) is 4.45. The molecule has 0 radical (unpaired) electrons. The molecule has 2 aliphatic heterocycles. The number of alkyl halides is 3. The van der Waals surface area contributed by atoms with E-state index < -0.39 is 22.8 Å². The molecule has 3 amide bonds. The smallest absolute Gasteiger partial charge is 0.417 e. The number of rotatable bonds is 6. The maximum Gasteiger partial charge on any atom is 0.417 e. The van der Waals surface area contributed by atoms with Crippen LogP contribution in [-0.2, 0) is 23.9 Å². The van der Waals surface area contributed by atoms with Gasteiger partial charge in [0.1, 0.15) is 17.3 Å². The first kappa shape index (κ1) is 29.6. The van der Waals surface area contributed by atoms with Crippen molar-refractivity contribution >= 4 is 35.0 Å². The lowest BCUT2D eigenvalue weighted by Gasteiger charge is -2.31. The number of amides is 3. The second-order valence-corrected chi connectivity index (χ2v) is 10.7. The van der Waals surface area contributed by atoms with Gasteiger partial charge in [0, 0.05) is 57.2 Å². The quantitative estimate of drug-likeness (QED) is 0.397. The van der Waals surface area contributed by atoms with Gasteiger partial charge in [-0.3, -0.25) is 9.69 Å². The van der Waals surface area contributed by atoms with Crippen LogP contribution in [0.2, 0.25) is 5.02 Å². The molecule has 2 N–H and O–H groups in total. The van der Waals surface area contributed by atoms with Crippen LogP contribution >= 0.6 is 11.6 Å². The van der Waals surface area contributed by atoms with E-state index in [-0.39, 0.29) is 24.7 Å². The molecule has 0 saturated carbocycles. The van der Waals surface area contributed by atoms with Gasteiger partial charge in [-0.05, 0) is 61.0 Å². The molecule has 9 nitrogen and oxygen atoms in total. The summed E-state index contributed by atoms with van der Waals surface area (Å²) >= 11 is 5.69. The summed E-state index contributed by atoms with van der Waals surface area (Å²) in [5.74, 6) is 1.24. The second-order valence-electron chi connectivity index (χ2n) is 10.3. The van der Waals surface area contributed by atoms with Crippen LogP contribution < -0.4 is 15.4 Å². The van der Waals surface area contributed by atoms with E-state index in [1.165, 1.54) is 11.0 Å². The van der Waals surface area contributed by atoms with Crippen molar-refractivity contribution < 1.29 is 27.5 Å². The van der Waals surface area contributed by atoms with Gasteiger partial charge in [-0.25, -0.2) is 9.78 Å². The summed E-state index contributed by atoms with van der Waals surface area (Å²) in [4.78, 5) is 35.5. The average molecular weight is 603 g/mol. The number of aromatic nitrogens is 1. The van der Waals surface area contributed by atoms with Gasteiger partial charge < -0.3 is 25.2 Å². The molecule has 222 valence electrons. The third-order valence-corrected chi connectivity index (χ3v) is 7.53. The fraction of sp³-hybridized carbons (Fsp3) is 0.345. The summed E-state index contributed by atoms with van der Waals surface area (Å²) in [6, 6.07) is 11.6. The lowest BCUT2D eigenvalue weighted by atomic mass is 10.00. The first-order valence-corrected chi connectivity index (χ1v) is 13.8. The fourth-order valence-electron chi connectivity index (χ4n) is 4.86. The molecular weight excluding hydrogens is 573 g/mol. The van der Waals surface area contributed by atoms with Gasteiger partial charge >= 0.3 is 12.2 Å².